The van der Waals surface area contributed by atoms with Crippen LogP contribution < -0.4 is 10.6 Å². The van der Waals surface area contributed by atoms with Gasteiger partial charge in [-0.05, 0) is 38.5 Å². The lowest BCUT2D eigenvalue weighted by Crippen LogP contribution is -2.46. The van der Waals surface area contributed by atoms with E-state index in [-0.39, 0.29) is 30.0 Å². The molecular formula is C15H26N2O4. The number of amides is 2. The molecule has 6 nitrogen and oxygen atoms in total. The van der Waals surface area contributed by atoms with Gasteiger partial charge in [0.05, 0.1) is 12.0 Å². The molecule has 2 aliphatic rings. The first kappa shape index (κ1) is 16.1. The standard InChI is InChI=1S/C15H26N2O4/c18-13-4-2-1-3-11(13)9-16-15(21)17-12-7-5-10(6-8-12)14(19)20/h10-13,18H,1-9H2,(H,19,20)(H2,16,17,21). The Labute approximate surface area is 125 Å². The lowest BCUT2D eigenvalue weighted by molar-refractivity contribution is -0.142. The van der Waals surface area contributed by atoms with E-state index in [1.54, 1.807) is 0 Å². The van der Waals surface area contributed by atoms with Crippen LogP contribution in [-0.4, -0.2) is 40.9 Å². The van der Waals surface area contributed by atoms with Crippen LogP contribution in [0.5, 0.6) is 0 Å². The van der Waals surface area contributed by atoms with Crippen molar-refractivity contribution in [1.82, 2.24) is 10.6 Å². The second-order valence-corrected chi connectivity index (χ2v) is 6.35. The number of rotatable bonds is 4. The molecule has 0 radical (unpaired) electrons. The number of carboxylic acid groups (broad SMARTS) is 1. The first-order valence-electron chi connectivity index (χ1n) is 8.01. The fourth-order valence-electron chi connectivity index (χ4n) is 3.37. The van der Waals surface area contributed by atoms with Gasteiger partial charge >= 0.3 is 12.0 Å². The Hall–Kier alpha value is -1.30. The van der Waals surface area contributed by atoms with Crippen LogP contribution in [0.4, 0.5) is 4.79 Å². The van der Waals surface area contributed by atoms with Gasteiger partial charge in [0.1, 0.15) is 0 Å². The third-order valence-corrected chi connectivity index (χ3v) is 4.81. The fourth-order valence-corrected chi connectivity index (χ4v) is 3.37. The van der Waals surface area contributed by atoms with E-state index in [2.05, 4.69) is 10.6 Å². The number of nitrogens with one attached hydrogen (secondary N) is 2. The smallest absolute Gasteiger partial charge is 0.315 e. The number of aliphatic hydroxyl groups is 1. The fraction of sp³-hybridized carbons (Fsp3) is 0.867. The van der Waals surface area contributed by atoms with Gasteiger partial charge in [0.25, 0.3) is 0 Å². The summed E-state index contributed by atoms with van der Waals surface area (Å²) in [5, 5.41) is 24.5. The maximum absolute atomic E-state index is 11.9. The topological polar surface area (TPSA) is 98.7 Å². The Bertz CT molecular complexity index is 367. The van der Waals surface area contributed by atoms with Gasteiger partial charge < -0.3 is 20.8 Å². The molecule has 21 heavy (non-hydrogen) atoms. The molecule has 2 atom stereocenters. The quantitative estimate of drug-likeness (QED) is 0.632. The second kappa shape index (κ2) is 7.64. The molecule has 0 bridgehead atoms. The summed E-state index contributed by atoms with van der Waals surface area (Å²) < 4.78 is 0. The minimum Gasteiger partial charge on any atom is -0.481 e. The van der Waals surface area contributed by atoms with Gasteiger partial charge in [0.15, 0.2) is 0 Å². The zero-order chi connectivity index (χ0) is 15.2. The SMILES string of the molecule is O=C(NCC1CCCCC1O)NC1CCC(C(=O)O)CC1. The normalized spacial score (nSPS) is 33.2. The van der Waals surface area contributed by atoms with E-state index in [1.807, 2.05) is 0 Å². The van der Waals surface area contributed by atoms with E-state index in [0.717, 1.165) is 38.5 Å². The third kappa shape index (κ3) is 4.88. The van der Waals surface area contributed by atoms with Crippen LogP contribution in [-0.2, 0) is 4.79 Å². The van der Waals surface area contributed by atoms with Gasteiger partial charge in [-0.25, -0.2) is 4.79 Å². The largest absolute Gasteiger partial charge is 0.481 e. The molecule has 2 unspecified atom stereocenters. The summed E-state index contributed by atoms with van der Waals surface area (Å²) in [7, 11) is 0. The third-order valence-electron chi connectivity index (χ3n) is 4.81. The highest BCUT2D eigenvalue weighted by atomic mass is 16.4. The van der Waals surface area contributed by atoms with Crippen LogP contribution in [0.2, 0.25) is 0 Å². The van der Waals surface area contributed by atoms with Crippen LogP contribution in [0.25, 0.3) is 0 Å². The van der Waals surface area contributed by atoms with Crippen LogP contribution in [0.1, 0.15) is 51.4 Å². The van der Waals surface area contributed by atoms with E-state index < -0.39 is 5.97 Å². The summed E-state index contributed by atoms with van der Waals surface area (Å²) in [6.07, 6.45) is 6.36. The minimum absolute atomic E-state index is 0.0666. The predicted octanol–water partition coefficient (Wildman–Crippen LogP) is 1.48. The minimum atomic E-state index is -0.732. The van der Waals surface area contributed by atoms with E-state index in [4.69, 9.17) is 5.11 Å². The number of aliphatic hydroxyl groups excluding tert-OH is 1. The number of hydrogen-bond acceptors (Lipinski definition) is 3. The van der Waals surface area contributed by atoms with E-state index in [0.29, 0.717) is 19.4 Å². The molecule has 2 saturated carbocycles. The molecule has 6 heteroatoms. The molecule has 2 rings (SSSR count). The number of hydrogen-bond donors (Lipinski definition) is 4. The summed E-state index contributed by atoms with van der Waals surface area (Å²) in [5.41, 5.74) is 0. The molecule has 0 spiro atoms. The number of carbonyl (C=O) groups is 2. The highest BCUT2D eigenvalue weighted by Gasteiger charge is 2.27. The van der Waals surface area contributed by atoms with Crippen molar-refractivity contribution in [1.29, 1.82) is 0 Å². The molecular weight excluding hydrogens is 272 g/mol. The Morgan fingerprint density at radius 3 is 2.29 bits per heavy atom. The highest BCUT2D eigenvalue weighted by molar-refractivity contribution is 5.74. The van der Waals surface area contributed by atoms with Gasteiger partial charge in [-0.15, -0.1) is 0 Å². The molecule has 2 aliphatic carbocycles. The molecule has 0 aromatic carbocycles. The van der Waals surface area contributed by atoms with Crippen molar-refractivity contribution in [2.75, 3.05) is 6.54 Å². The van der Waals surface area contributed by atoms with E-state index >= 15 is 0 Å². The van der Waals surface area contributed by atoms with Crippen LogP contribution in [0, 0.1) is 11.8 Å². The van der Waals surface area contributed by atoms with Crippen molar-refractivity contribution in [2.24, 2.45) is 11.8 Å². The summed E-state index contributed by atoms with van der Waals surface area (Å²) in [4.78, 5) is 22.7. The van der Waals surface area contributed by atoms with Crippen LogP contribution >= 0.6 is 0 Å². The van der Waals surface area contributed by atoms with Gasteiger partial charge in [-0.1, -0.05) is 12.8 Å². The van der Waals surface area contributed by atoms with Crippen molar-refractivity contribution in [2.45, 2.75) is 63.5 Å². The summed E-state index contributed by atoms with van der Waals surface area (Å²) in [5.74, 6) is -0.833. The predicted molar refractivity (Wildman–Crippen MR) is 77.9 cm³/mol. The summed E-state index contributed by atoms with van der Waals surface area (Å²) >= 11 is 0. The second-order valence-electron chi connectivity index (χ2n) is 6.35. The molecule has 0 aromatic heterocycles. The van der Waals surface area contributed by atoms with E-state index in [9.17, 15) is 14.7 Å². The monoisotopic (exact) mass is 298 g/mol. The zero-order valence-corrected chi connectivity index (χ0v) is 12.4. The molecule has 2 amide bonds. The Morgan fingerprint density at radius 2 is 1.67 bits per heavy atom. The number of carbonyl (C=O) groups excluding carboxylic acids is 1. The number of carboxylic acids is 1. The first-order chi connectivity index (χ1) is 10.1. The Morgan fingerprint density at radius 1 is 1.00 bits per heavy atom. The zero-order valence-electron chi connectivity index (χ0n) is 12.4. The summed E-state index contributed by atoms with van der Waals surface area (Å²) in [6, 6.07) is -0.136. The van der Waals surface area contributed by atoms with Gasteiger partial charge in [0, 0.05) is 18.5 Å². The molecule has 0 saturated heterocycles. The van der Waals surface area contributed by atoms with Crippen molar-refractivity contribution in [3.63, 3.8) is 0 Å². The average Bonchev–Trinajstić information content (AvgIpc) is 2.47. The van der Waals surface area contributed by atoms with Gasteiger partial charge in [0.2, 0.25) is 0 Å². The van der Waals surface area contributed by atoms with Crippen molar-refractivity contribution >= 4 is 12.0 Å². The molecule has 120 valence electrons. The first-order valence-corrected chi connectivity index (χ1v) is 8.01. The summed E-state index contributed by atoms with van der Waals surface area (Å²) in [6.45, 7) is 0.511. The molecule has 0 aliphatic heterocycles. The van der Waals surface area contributed by atoms with Gasteiger partial charge in [-0.2, -0.15) is 0 Å². The molecule has 2 fully saturated rings. The van der Waals surface area contributed by atoms with Crippen LogP contribution in [0.3, 0.4) is 0 Å². The maximum atomic E-state index is 11.9. The van der Waals surface area contributed by atoms with Crippen molar-refractivity contribution in [3.8, 4) is 0 Å². The van der Waals surface area contributed by atoms with Gasteiger partial charge in [-0.3, -0.25) is 4.79 Å². The van der Waals surface area contributed by atoms with E-state index in [1.165, 1.54) is 0 Å². The lowest BCUT2D eigenvalue weighted by atomic mass is 9.86. The molecule has 0 aromatic rings. The molecule has 4 N–H and O–H groups in total. The number of aliphatic carboxylic acids is 1. The average molecular weight is 298 g/mol. The highest BCUT2D eigenvalue weighted by Crippen LogP contribution is 2.25. The van der Waals surface area contributed by atoms with Crippen molar-refractivity contribution in [3.05, 3.63) is 0 Å². The Balaban J connectivity index is 1.64. The molecule has 0 heterocycles. The Kier molecular flexibility index (Phi) is 5.85. The van der Waals surface area contributed by atoms with Crippen LogP contribution in [0.15, 0.2) is 0 Å². The van der Waals surface area contributed by atoms with Crippen molar-refractivity contribution < 1.29 is 19.8 Å². The number of urea groups is 1. The maximum Gasteiger partial charge on any atom is 0.315 e. The lowest BCUT2D eigenvalue weighted by Gasteiger charge is -2.29.